The van der Waals surface area contributed by atoms with Gasteiger partial charge in [0.1, 0.15) is 0 Å². The first-order chi connectivity index (χ1) is 7.91. The third kappa shape index (κ3) is 4.02. The van der Waals surface area contributed by atoms with E-state index in [2.05, 4.69) is 5.32 Å². The molecule has 6 heteroatoms. The van der Waals surface area contributed by atoms with E-state index in [4.69, 9.17) is 16.7 Å². The van der Waals surface area contributed by atoms with E-state index in [1.54, 1.807) is 18.4 Å². The standard InChI is InChI=1S/C11H14ClNO3S/c1-7(17(2)16)6-13-10-4-3-8(12)5-9(10)11(14)15/h3-5,7,13H,6H2,1-2H3,(H,14,15). The second kappa shape index (κ2) is 6.02. The Balaban J connectivity index is 2.84. The molecule has 0 bridgehead atoms. The highest BCUT2D eigenvalue weighted by Crippen LogP contribution is 2.20. The van der Waals surface area contributed by atoms with E-state index in [0.29, 0.717) is 17.3 Å². The van der Waals surface area contributed by atoms with E-state index >= 15 is 0 Å². The number of halogens is 1. The lowest BCUT2D eigenvalue weighted by Crippen LogP contribution is -2.21. The van der Waals surface area contributed by atoms with Gasteiger partial charge in [-0.25, -0.2) is 4.79 Å². The number of anilines is 1. The van der Waals surface area contributed by atoms with E-state index < -0.39 is 16.8 Å². The Hall–Kier alpha value is -1.07. The molecule has 0 spiro atoms. The molecule has 2 N–H and O–H groups in total. The molecule has 1 aromatic carbocycles. The number of carboxylic acids is 1. The van der Waals surface area contributed by atoms with Gasteiger partial charge < -0.3 is 10.4 Å². The van der Waals surface area contributed by atoms with Gasteiger partial charge in [-0.15, -0.1) is 0 Å². The van der Waals surface area contributed by atoms with Crippen LogP contribution < -0.4 is 5.32 Å². The Morgan fingerprint density at radius 2 is 2.24 bits per heavy atom. The second-order valence-corrected chi connectivity index (χ2v) is 5.92. The molecule has 2 unspecified atom stereocenters. The maximum atomic E-state index is 11.2. The maximum absolute atomic E-state index is 11.2. The van der Waals surface area contributed by atoms with Crippen molar-refractivity contribution in [2.75, 3.05) is 18.1 Å². The fraction of sp³-hybridized carbons (Fsp3) is 0.364. The number of carboxylic acid groups (broad SMARTS) is 1. The van der Waals surface area contributed by atoms with Gasteiger partial charge in [0, 0.05) is 39.6 Å². The van der Waals surface area contributed by atoms with Crippen molar-refractivity contribution in [3.63, 3.8) is 0 Å². The molecule has 17 heavy (non-hydrogen) atoms. The van der Waals surface area contributed by atoms with Gasteiger partial charge in [0.25, 0.3) is 0 Å². The Kier molecular flexibility index (Phi) is 4.96. The average molecular weight is 276 g/mol. The molecule has 0 aromatic heterocycles. The predicted molar refractivity (Wildman–Crippen MR) is 70.4 cm³/mol. The van der Waals surface area contributed by atoms with Gasteiger partial charge in [-0.1, -0.05) is 11.6 Å². The molecule has 0 heterocycles. The lowest BCUT2D eigenvalue weighted by molar-refractivity contribution is 0.0698. The van der Waals surface area contributed by atoms with E-state index in [1.165, 1.54) is 6.07 Å². The molecule has 0 aliphatic carbocycles. The van der Waals surface area contributed by atoms with Crippen molar-refractivity contribution >= 4 is 34.1 Å². The first-order valence-corrected chi connectivity index (χ1v) is 7.00. The highest BCUT2D eigenvalue weighted by molar-refractivity contribution is 7.84. The zero-order chi connectivity index (χ0) is 13.0. The molecular weight excluding hydrogens is 262 g/mol. The summed E-state index contributed by atoms with van der Waals surface area (Å²) in [6.07, 6.45) is 1.62. The minimum atomic E-state index is -1.04. The van der Waals surface area contributed by atoms with Gasteiger partial charge >= 0.3 is 5.97 Å². The average Bonchev–Trinajstić information content (AvgIpc) is 2.26. The Morgan fingerprint density at radius 1 is 1.59 bits per heavy atom. The molecule has 0 saturated heterocycles. The molecule has 0 aliphatic rings. The molecule has 4 nitrogen and oxygen atoms in total. The van der Waals surface area contributed by atoms with Crippen molar-refractivity contribution < 1.29 is 14.1 Å². The molecule has 1 rings (SSSR count). The van der Waals surface area contributed by atoms with Crippen LogP contribution in [0.1, 0.15) is 17.3 Å². The van der Waals surface area contributed by atoms with Crippen LogP contribution in [0.15, 0.2) is 18.2 Å². The highest BCUT2D eigenvalue weighted by atomic mass is 35.5. The van der Waals surface area contributed by atoms with Crippen molar-refractivity contribution in [3.05, 3.63) is 28.8 Å². The lowest BCUT2D eigenvalue weighted by atomic mass is 10.2. The Morgan fingerprint density at radius 3 is 2.76 bits per heavy atom. The second-order valence-electron chi connectivity index (χ2n) is 3.69. The van der Waals surface area contributed by atoms with Crippen molar-refractivity contribution in [1.82, 2.24) is 0 Å². The fourth-order valence-electron chi connectivity index (χ4n) is 1.22. The minimum Gasteiger partial charge on any atom is -0.478 e. The summed E-state index contributed by atoms with van der Waals surface area (Å²) >= 11 is 5.73. The van der Waals surface area contributed by atoms with Crippen LogP contribution in [0.5, 0.6) is 0 Å². The quantitative estimate of drug-likeness (QED) is 0.865. The molecule has 0 aliphatic heterocycles. The van der Waals surface area contributed by atoms with Crippen molar-refractivity contribution in [2.45, 2.75) is 12.2 Å². The number of aromatic carboxylic acids is 1. The SMILES string of the molecule is CC(CNc1ccc(Cl)cc1C(=O)O)S(C)=O. The number of hydrogen-bond acceptors (Lipinski definition) is 3. The van der Waals surface area contributed by atoms with Crippen LogP contribution in [0.4, 0.5) is 5.69 Å². The first kappa shape index (κ1) is 14.0. The number of hydrogen-bond donors (Lipinski definition) is 2. The predicted octanol–water partition coefficient (Wildman–Crippen LogP) is 2.22. The van der Waals surface area contributed by atoms with Crippen LogP contribution in [-0.2, 0) is 10.8 Å². The lowest BCUT2D eigenvalue weighted by Gasteiger charge is -2.13. The van der Waals surface area contributed by atoms with Gasteiger partial charge in [-0.2, -0.15) is 0 Å². The maximum Gasteiger partial charge on any atom is 0.337 e. The number of benzene rings is 1. The van der Waals surface area contributed by atoms with Gasteiger partial charge in [-0.3, -0.25) is 4.21 Å². The summed E-state index contributed by atoms with van der Waals surface area (Å²) in [4.78, 5) is 11.0. The van der Waals surface area contributed by atoms with Crippen molar-refractivity contribution in [2.24, 2.45) is 0 Å². The number of rotatable bonds is 5. The fourth-order valence-corrected chi connectivity index (χ4v) is 1.71. The van der Waals surface area contributed by atoms with Crippen LogP contribution in [0, 0.1) is 0 Å². The molecule has 0 fully saturated rings. The number of nitrogens with one attached hydrogen (secondary N) is 1. The summed E-state index contributed by atoms with van der Waals surface area (Å²) in [6.45, 7) is 2.28. The van der Waals surface area contributed by atoms with E-state index in [9.17, 15) is 9.00 Å². The third-order valence-electron chi connectivity index (χ3n) is 2.36. The Bertz CT molecular complexity index is 450. The summed E-state index contributed by atoms with van der Waals surface area (Å²) in [5.41, 5.74) is 0.603. The van der Waals surface area contributed by atoms with Crippen LogP contribution >= 0.6 is 11.6 Å². The molecular formula is C11H14ClNO3S. The zero-order valence-electron chi connectivity index (χ0n) is 9.57. The summed E-state index contributed by atoms with van der Waals surface area (Å²) in [6, 6.07) is 4.61. The summed E-state index contributed by atoms with van der Waals surface area (Å²) in [7, 11) is -0.942. The van der Waals surface area contributed by atoms with Gasteiger partial charge in [0.05, 0.1) is 5.56 Å². The summed E-state index contributed by atoms with van der Waals surface area (Å²) in [5.74, 6) is -1.04. The summed E-state index contributed by atoms with van der Waals surface area (Å²) < 4.78 is 11.2. The smallest absolute Gasteiger partial charge is 0.337 e. The van der Waals surface area contributed by atoms with Crippen molar-refractivity contribution in [3.8, 4) is 0 Å². The van der Waals surface area contributed by atoms with Crippen LogP contribution in [0.3, 0.4) is 0 Å². The van der Waals surface area contributed by atoms with E-state index in [-0.39, 0.29) is 10.8 Å². The van der Waals surface area contributed by atoms with Crippen molar-refractivity contribution in [1.29, 1.82) is 0 Å². The zero-order valence-corrected chi connectivity index (χ0v) is 11.1. The van der Waals surface area contributed by atoms with E-state index in [0.717, 1.165) is 0 Å². The monoisotopic (exact) mass is 275 g/mol. The molecule has 0 radical (unpaired) electrons. The largest absolute Gasteiger partial charge is 0.478 e. The van der Waals surface area contributed by atoms with Gasteiger partial charge in [0.2, 0.25) is 0 Å². The first-order valence-electron chi connectivity index (χ1n) is 5.00. The van der Waals surface area contributed by atoms with Gasteiger partial charge in [-0.05, 0) is 25.1 Å². The van der Waals surface area contributed by atoms with Gasteiger partial charge in [0.15, 0.2) is 0 Å². The Labute approximate surface area is 107 Å². The highest BCUT2D eigenvalue weighted by Gasteiger charge is 2.12. The molecule has 0 saturated carbocycles. The molecule has 0 amide bonds. The van der Waals surface area contributed by atoms with Crippen LogP contribution in [-0.4, -0.2) is 33.3 Å². The third-order valence-corrected chi connectivity index (χ3v) is 3.89. The van der Waals surface area contributed by atoms with E-state index in [1.807, 2.05) is 6.92 Å². The molecule has 1 aromatic rings. The topological polar surface area (TPSA) is 66.4 Å². The number of carbonyl (C=O) groups is 1. The summed E-state index contributed by atoms with van der Waals surface area (Å²) in [5, 5.41) is 12.3. The molecule has 94 valence electrons. The van der Waals surface area contributed by atoms with Crippen LogP contribution in [0.2, 0.25) is 5.02 Å². The molecule has 2 atom stereocenters. The minimum absolute atomic E-state index is 0.0488. The normalized spacial score (nSPS) is 14.1. The van der Waals surface area contributed by atoms with Crippen LogP contribution in [0.25, 0.3) is 0 Å².